The molecule has 0 aromatic carbocycles. The molecule has 0 heterocycles. The minimum Gasteiger partial charge on any atom is -0.456 e. The van der Waals surface area contributed by atoms with Gasteiger partial charge in [0.25, 0.3) is 0 Å². The molecule has 0 saturated heterocycles. The van der Waals surface area contributed by atoms with Gasteiger partial charge in [-0.1, -0.05) is 241 Å². The standard InChI is InChI=1S/2C28H44O10.C25H42O7.C22H40O4/c1-6-23(36-26(33)7-2)21(31)17-25(38-28(35)9-4)22(32)18-24(37-27(34)8-3)20(30)16-14-12-10-11-13-15-19(5)29;1-6-10-18-21(36-22(31)7-2)25(34)28(38-24(33)9-4)26(35)27(37-23(32)8-3)20(30)17-15-13-11-12-14-16-19(5)29;1-5-8-12-17-22(31-24(29)6-2)21(28)18-23(32-25(30)7-3)20(27)16-14-11-9-10-13-15-19(4)26;1-4-6-7-8-12-15-18-21(26-22(25)5-2)20(24)17-14-11-9-10-13-16-19(3)23/h7-9,20-25,30-32H,2-4,6,10-18H2,1,5H3;7-9,20-21,25-28,30,34-35H,2-4,6,10-18H2,1,5H3;6-7,20-23,27-28H,2-3,5,8-18H2,1,4H3;5,20-21,24H,2,4,6-18H2,1,3H3. The predicted molar refractivity (Wildman–Crippen MR) is 513 cm³/mol. The fourth-order valence-corrected chi connectivity index (χ4v) is 14.2. The molecule has 0 spiro atoms. The first-order valence-corrected chi connectivity index (χ1v) is 48.3. The Bertz CT molecular complexity index is 3350. The highest BCUT2D eigenvalue weighted by molar-refractivity contribution is 5.85. The second-order valence-electron chi connectivity index (χ2n) is 33.8. The Morgan fingerprint density at radius 1 is 0.209 bits per heavy atom. The molecule has 31 heteroatoms. The minimum atomic E-state index is -1.89. The van der Waals surface area contributed by atoms with Crippen molar-refractivity contribution >= 4 is 76.9 Å². The van der Waals surface area contributed by atoms with Crippen molar-refractivity contribution in [1.29, 1.82) is 0 Å². The highest BCUT2D eigenvalue weighted by Crippen LogP contribution is 2.28. The quantitative estimate of drug-likeness (QED) is 0.0118. The van der Waals surface area contributed by atoms with Crippen molar-refractivity contribution in [2.24, 2.45) is 0 Å². The number of aliphatic hydroxyl groups is 9. The number of aliphatic hydroxyl groups excluding tert-OH is 9. The van der Waals surface area contributed by atoms with Gasteiger partial charge in [-0.05, 0) is 124 Å². The van der Waals surface area contributed by atoms with Crippen molar-refractivity contribution in [2.75, 3.05) is 0 Å². The first kappa shape index (κ1) is 131. The number of esters is 9. The predicted octanol–water partition coefficient (Wildman–Crippen LogP) is 15.5. The van der Waals surface area contributed by atoms with E-state index < -0.39 is 164 Å². The summed E-state index contributed by atoms with van der Waals surface area (Å²) in [5.41, 5.74) is 0. The number of ether oxygens (including phenoxy) is 9. The maximum absolute atomic E-state index is 12.1. The summed E-state index contributed by atoms with van der Waals surface area (Å²) < 4.78 is 47.2. The Hall–Kier alpha value is -8.79. The molecule has 0 saturated carbocycles. The first-order chi connectivity index (χ1) is 63.7. The molecule has 0 rings (SSSR count). The van der Waals surface area contributed by atoms with Crippen molar-refractivity contribution < 1.29 is 151 Å². The molecule has 0 bridgehead atoms. The third-order valence-electron chi connectivity index (χ3n) is 21.9. The molecular formula is C103H170O31. The largest absolute Gasteiger partial charge is 0.456 e. The lowest BCUT2D eigenvalue weighted by molar-refractivity contribution is -0.197. The molecule has 0 amide bonds. The third kappa shape index (κ3) is 71.7. The molecule has 0 aliphatic carbocycles. The summed E-state index contributed by atoms with van der Waals surface area (Å²) in [5.74, 6) is -6.21. The average molecular weight is 1900 g/mol. The van der Waals surface area contributed by atoms with Gasteiger partial charge < -0.3 is 108 Å². The van der Waals surface area contributed by atoms with Crippen LogP contribution in [0, 0.1) is 0 Å². The van der Waals surface area contributed by atoms with Crippen LogP contribution in [-0.4, -0.2) is 233 Å². The fraction of sp³-hybridized carbons (Fsp3) is 0.699. The van der Waals surface area contributed by atoms with Crippen molar-refractivity contribution in [2.45, 2.75) is 461 Å². The minimum absolute atomic E-state index is 0.0550. The van der Waals surface area contributed by atoms with Crippen molar-refractivity contribution in [3.63, 3.8) is 0 Å². The molecule has 768 valence electrons. The second-order valence-corrected chi connectivity index (χ2v) is 33.8. The molecule has 0 aliphatic heterocycles. The zero-order chi connectivity index (χ0) is 102. The maximum atomic E-state index is 12.1. The van der Waals surface area contributed by atoms with E-state index in [4.69, 9.17) is 42.6 Å². The molecule has 0 aromatic rings. The number of Topliss-reactive ketones (excluding diaryl/α,β-unsaturated/α-hetero) is 4. The number of carbonyl (C=O) groups excluding carboxylic acids is 13. The lowest BCUT2D eigenvalue weighted by Crippen LogP contribution is -2.55. The summed E-state index contributed by atoms with van der Waals surface area (Å²) in [5, 5.41) is 97.0. The van der Waals surface area contributed by atoms with Crippen LogP contribution in [0.2, 0.25) is 0 Å². The van der Waals surface area contributed by atoms with E-state index in [1.165, 1.54) is 25.7 Å². The van der Waals surface area contributed by atoms with Gasteiger partial charge in [-0.25, -0.2) is 43.2 Å². The van der Waals surface area contributed by atoms with E-state index >= 15 is 0 Å². The van der Waals surface area contributed by atoms with Gasteiger partial charge in [-0.3, -0.25) is 0 Å². The van der Waals surface area contributed by atoms with E-state index in [-0.39, 0.29) is 68.1 Å². The van der Waals surface area contributed by atoms with Gasteiger partial charge in [0.15, 0.2) is 12.2 Å². The van der Waals surface area contributed by atoms with Crippen LogP contribution >= 0.6 is 0 Å². The molecule has 134 heavy (non-hydrogen) atoms. The summed E-state index contributed by atoms with van der Waals surface area (Å²) in [7, 11) is 0. The van der Waals surface area contributed by atoms with E-state index in [9.17, 15) is 108 Å². The Morgan fingerprint density at radius 3 is 0.716 bits per heavy atom. The molecule has 18 atom stereocenters. The van der Waals surface area contributed by atoms with Crippen LogP contribution in [0.25, 0.3) is 0 Å². The van der Waals surface area contributed by atoms with Crippen molar-refractivity contribution in [3.8, 4) is 0 Å². The van der Waals surface area contributed by atoms with E-state index in [2.05, 4.69) is 66.1 Å². The smallest absolute Gasteiger partial charge is 0.330 e. The normalized spacial score (nSPS) is 14.9. The zero-order valence-electron chi connectivity index (χ0n) is 82.0. The van der Waals surface area contributed by atoms with Gasteiger partial charge in [0.2, 0.25) is 0 Å². The topological polar surface area (TPSA) is 487 Å². The van der Waals surface area contributed by atoms with Gasteiger partial charge in [0, 0.05) is 99.6 Å². The Kier molecular flexibility index (Phi) is 84.2. The highest BCUT2D eigenvalue weighted by atomic mass is 16.6. The van der Waals surface area contributed by atoms with Gasteiger partial charge in [0.05, 0.1) is 42.7 Å². The molecular weight excluding hydrogens is 1730 g/mol. The molecule has 0 aliphatic rings. The monoisotopic (exact) mass is 1900 g/mol. The number of hydrogen-bond donors (Lipinski definition) is 9. The molecule has 9 N–H and O–H groups in total. The number of unbranched alkanes of at least 4 members (excludes halogenated alkanes) is 24. The van der Waals surface area contributed by atoms with Crippen LogP contribution in [-0.2, 0) is 105 Å². The van der Waals surface area contributed by atoms with Crippen LogP contribution in [0.4, 0.5) is 0 Å². The van der Waals surface area contributed by atoms with Crippen LogP contribution in [0.3, 0.4) is 0 Å². The lowest BCUT2D eigenvalue weighted by atomic mass is 9.92. The van der Waals surface area contributed by atoms with Crippen LogP contribution in [0.5, 0.6) is 0 Å². The van der Waals surface area contributed by atoms with E-state index in [0.29, 0.717) is 77.0 Å². The summed E-state index contributed by atoms with van der Waals surface area (Å²) in [6.45, 7) is 44.3. The Labute approximate surface area is 798 Å². The van der Waals surface area contributed by atoms with E-state index in [0.717, 1.165) is 202 Å². The Balaban J connectivity index is -0.000000849. The number of rotatable bonds is 82. The summed E-state index contributed by atoms with van der Waals surface area (Å²) in [6, 6.07) is 0. The zero-order valence-corrected chi connectivity index (χ0v) is 82.0. The maximum Gasteiger partial charge on any atom is 0.330 e. The van der Waals surface area contributed by atoms with Gasteiger partial charge in [-0.2, -0.15) is 0 Å². The molecule has 18 unspecified atom stereocenters. The van der Waals surface area contributed by atoms with Gasteiger partial charge in [0.1, 0.15) is 78.1 Å². The summed E-state index contributed by atoms with van der Waals surface area (Å²) >= 11 is 0. The third-order valence-corrected chi connectivity index (χ3v) is 21.9. The highest BCUT2D eigenvalue weighted by Gasteiger charge is 2.45. The van der Waals surface area contributed by atoms with Crippen LogP contribution in [0.15, 0.2) is 114 Å². The second kappa shape index (κ2) is 85.8. The van der Waals surface area contributed by atoms with Gasteiger partial charge >= 0.3 is 53.7 Å². The summed E-state index contributed by atoms with van der Waals surface area (Å²) in [6.07, 6.45) is 19.7. The number of hydrogen-bond acceptors (Lipinski definition) is 31. The fourth-order valence-electron chi connectivity index (χ4n) is 14.2. The van der Waals surface area contributed by atoms with Crippen molar-refractivity contribution in [3.05, 3.63) is 114 Å². The molecule has 31 nitrogen and oxygen atoms in total. The molecule has 0 aromatic heterocycles. The lowest BCUT2D eigenvalue weighted by Gasteiger charge is -2.36. The SMILES string of the molecule is C=CC(=O)OC(CC)C(O)CC(OC(=O)C=C)C(O)CC(OC(=O)C=C)C(O)CCCCCCCC(C)=O.C=CC(=O)OC(CCCC)C(O)C(OC(=O)C=C)C(O)C(OC(=O)C=C)C(O)CCCCCCCC(C)=O.C=CC(=O)OC(CCCCC)C(O)CC(OC(=O)C=C)C(O)CCCCCCCC(C)=O.C=CC(=O)OC(CCCCCCCC)C(O)CCCCCCCC(C)=O. The van der Waals surface area contributed by atoms with Crippen LogP contribution in [0.1, 0.15) is 351 Å². The van der Waals surface area contributed by atoms with Crippen LogP contribution < -0.4 is 0 Å². The average Bonchev–Trinajstić information content (AvgIpc) is 0.822. The number of carbonyl (C=O) groups is 13. The van der Waals surface area contributed by atoms with Gasteiger partial charge in [-0.15, -0.1) is 0 Å². The Morgan fingerprint density at radius 2 is 0.410 bits per heavy atom. The van der Waals surface area contributed by atoms with E-state index in [1.54, 1.807) is 34.6 Å². The molecule has 0 radical (unpaired) electrons. The summed E-state index contributed by atoms with van der Waals surface area (Å²) in [4.78, 5) is 150. The number of ketones is 4. The van der Waals surface area contributed by atoms with E-state index in [1.807, 2.05) is 13.8 Å². The first-order valence-electron chi connectivity index (χ1n) is 48.3. The molecule has 0 fully saturated rings. The van der Waals surface area contributed by atoms with Crippen molar-refractivity contribution in [1.82, 2.24) is 0 Å².